The summed E-state index contributed by atoms with van der Waals surface area (Å²) >= 11 is 5.07. The van der Waals surface area contributed by atoms with Crippen molar-refractivity contribution in [1.82, 2.24) is 19.9 Å². The van der Waals surface area contributed by atoms with Crippen LogP contribution in [0.3, 0.4) is 0 Å². The summed E-state index contributed by atoms with van der Waals surface area (Å²) in [6.07, 6.45) is 1.59. The molecular formula is C9H6BrN5S. The second kappa shape index (κ2) is 3.53. The number of fused-ring (bicyclic) bond motifs is 1. The summed E-state index contributed by atoms with van der Waals surface area (Å²) in [4.78, 5) is 15.4. The Morgan fingerprint density at radius 2 is 2.19 bits per heavy atom. The molecule has 3 heterocycles. The van der Waals surface area contributed by atoms with Crippen LogP contribution in [0, 0.1) is 0 Å². The van der Waals surface area contributed by atoms with E-state index in [0.717, 1.165) is 21.2 Å². The molecule has 3 aromatic rings. The number of nitrogens with two attached hydrogens (primary N) is 1. The lowest BCUT2D eigenvalue weighted by molar-refractivity contribution is 1.22. The molecule has 3 rings (SSSR count). The van der Waals surface area contributed by atoms with Gasteiger partial charge < -0.3 is 10.7 Å². The third-order valence-corrected chi connectivity index (χ3v) is 3.88. The third-order valence-electron chi connectivity index (χ3n) is 2.17. The van der Waals surface area contributed by atoms with Gasteiger partial charge in [0.2, 0.25) is 5.95 Å². The van der Waals surface area contributed by atoms with Crippen LogP contribution in [0.2, 0.25) is 0 Å². The standard InChI is InChI=1S/C9H6BrN5S/c10-5-2-16-1-4(5)6-7-8(13-3-12-7)15-9(11)14-6/h1-3H,(H3,11,12,13,14,15). The van der Waals surface area contributed by atoms with Gasteiger partial charge in [-0.25, -0.2) is 9.97 Å². The zero-order chi connectivity index (χ0) is 11.1. The first-order chi connectivity index (χ1) is 7.75. The average Bonchev–Trinajstić information content (AvgIpc) is 2.84. The van der Waals surface area contributed by atoms with Gasteiger partial charge in [0.25, 0.3) is 0 Å². The van der Waals surface area contributed by atoms with Gasteiger partial charge in [-0.2, -0.15) is 16.3 Å². The fourth-order valence-corrected chi connectivity index (χ4v) is 2.96. The van der Waals surface area contributed by atoms with Crippen LogP contribution < -0.4 is 5.73 Å². The van der Waals surface area contributed by atoms with E-state index >= 15 is 0 Å². The number of nitrogens with zero attached hydrogens (tertiary/aromatic N) is 3. The molecule has 0 radical (unpaired) electrons. The van der Waals surface area contributed by atoms with Gasteiger partial charge >= 0.3 is 0 Å². The van der Waals surface area contributed by atoms with Crippen molar-refractivity contribution in [2.24, 2.45) is 0 Å². The van der Waals surface area contributed by atoms with E-state index in [4.69, 9.17) is 5.73 Å². The summed E-state index contributed by atoms with van der Waals surface area (Å²) < 4.78 is 0.992. The molecule has 0 aliphatic carbocycles. The van der Waals surface area contributed by atoms with Crippen LogP contribution in [0.5, 0.6) is 0 Å². The van der Waals surface area contributed by atoms with Crippen LogP contribution in [0.4, 0.5) is 5.95 Å². The minimum absolute atomic E-state index is 0.229. The second-order valence-electron chi connectivity index (χ2n) is 3.16. The number of H-pyrrole nitrogens is 1. The van der Waals surface area contributed by atoms with Gasteiger partial charge in [-0.3, -0.25) is 0 Å². The summed E-state index contributed by atoms with van der Waals surface area (Å²) in [7, 11) is 0. The number of hydrogen-bond donors (Lipinski definition) is 2. The SMILES string of the molecule is Nc1nc(-c2cscc2Br)c2[nH]cnc2n1. The van der Waals surface area contributed by atoms with Crippen molar-refractivity contribution < 1.29 is 0 Å². The fourth-order valence-electron chi connectivity index (χ4n) is 1.50. The first-order valence-corrected chi connectivity index (χ1v) is 6.18. The Bertz CT molecular complexity index is 659. The van der Waals surface area contributed by atoms with Crippen molar-refractivity contribution in [3.63, 3.8) is 0 Å². The number of anilines is 1. The van der Waals surface area contributed by atoms with E-state index in [1.165, 1.54) is 0 Å². The maximum absolute atomic E-state index is 5.65. The van der Waals surface area contributed by atoms with Crippen LogP contribution in [-0.4, -0.2) is 19.9 Å². The highest BCUT2D eigenvalue weighted by Crippen LogP contribution is 2.33. The molecule has 0 unspecified atom stereocenters. The van der Waals surface area contributed by atoms with Gasteiger partial charge in [0.15, 0.2) is 5.65 Å². The Morgan fingerprint density at radius 1 is 1.31 bits per heavy atom. The van der Waals surface area contributed by atoms with Gasteiger partial charge in [0.1, 0.15) is 11.2 Å². The predicted octanol–water partition coefficient (Wildman–Crippen LogP) is 2.43. The normalized spacial score (nSPS) is 11.1. The minimum Gasteiger partial charge on any atom is -0.368 e. The Labute approximate surface area is 103 Å². The zero-order valence-corrected chi connectivity index (χ0v) is 10.3. The monoisotopic (exact) mass is 295 g/mol. The molecule has 0 aromatic carbocycles. The van der Waals surface area contributed by atoms with E-state index < -0.39 is 0 Å². The van der Waals surface area contributed by atoms with Gasteiger partial charge in [-0.05, 0) is 15.9 Å². The summed E-state index contributed by atoms with van der Waals surface area (Å²) in [6, 6.07) is 0. The first kappa shape index (κ1) is 9.73. The lowest BCUT2D eigenvalue weighted by Crippen LogP contribution is -1.97. The molecule has 3 aromatic heterocycles. The largest absolute Gasteiger partial charge is 0.368 e. The topological polar surface area (TPSA) is 80.5 Å². The van der Waals surface area contributed by atoms with Crippen LogP contribution in [0.1, 0.15) is 0 Å². The molecule has 0 amide bonds. The summed E-state index contributed by atoms with van der Waals surface area (Å²) in [5.41, 5.74) is 8.80. The van der Waals surface area contributed by atoms with E-state index in [1.54, 1.807) is 17.7 Å². The minimum atomic E-state index is 0.229. The van der Waals surface area contributed by atoms with Crippen LogP contribution >= 0.6 is 27.3 Å². The quantitative estimate of drug-likeness (QED) is 0.722. The van der Waals surface area contributed by atoms with Gasteiger partial charge in [-0.15, -0.1) is 0 Å². The maximum atomic E-state index is 5.65. The van der Waals surface area contributed by atoms with Crippen molar-refractivity contribution in [2.45, 2.75) is 0 Å². The van der Waals surface area contributed by atoms with E-state index in [0.29, 0.717) is 5.65 Å². The number of halogens is 1. The molecule has 0 atom stereocenters. The predicted molar refractivity (Wildman–Crippen MR) is 67.1 cm³/mol. The van der Waals surface area contributed by atoms with Gasteiger partial charge in [0, 0.05) is 20.8 Å². The Morgan fingerprint density at radius 3 is 2.94 bits per heavy atom. The number of nitrogens with one attached hydrogen (secondary N) is 1. The fraction of sp³-hybridized carbons (Fsp3) is 0. The Kier molecular flexibility index (Phi) is 2.15. The highest BCUT2D eigenvalue weighted by atomic mass is 79.9. The molecule has 0 spiro atoms. The van der Waals surface area contributed by atoms with E-state index in [1.807, 2.05) is 10.8 Å². The number of rotatable bonds is 1. The Hall–Kier alpha value is -1.47. The van der Waals surface area contributed by atoms with Crippen molar-refractivity contribution in [2.75, 3.05) is 5.73 Å². The molecular weight excluding hydrogens is 290 g/mol. The van der Waals surface area contributed by atoms with Crippen LogP contribution in [-0.2, 0) is 0 Å². The third kappa shape index (κ3) is 1.40. The number of aromatic nitrogens is 4. The average molecular weight is 296 g/mol. The molecule has 0 fully saturated rings. The highest BCUT2D eigenvalue weighted by molar-refractivity contribution is 9.10. The summed E-state index contributed by atoms with van der Waals surface area (Å²) in [5, 5.41) is 4.00. The smallest absolute Gasteiger partial charge is 0.222 e. The molecule has 0 bridgehead atoms. The molecule has 0 aliphatic heterocycles. The van der Waals surface area contributed by atoms with Gasteiger partial charge in [-0.1, -0.05) is 0 Å². The number of aromatic amines is 1. The summed E-state index contributed by atoms with van der Waals surface area (Å²) in [5.74, 6) is 0.229. The summed E-state index contributed by atoms with van der Waals surface area (Å²) in [6.45, 7) is 0. The number of hydrogen-bond acceptors (Lipinski definition) is 5. The highest BCUT2D eigenvalue weighted by Gasteiger charge is 2.13. The molecule has 3 N–H and O–H groups in total. The zero-order valence-electron chi connectivity index (χ0n) is 7.94. The van der Waals surface area contributed by atoms with E-state index in [9.17, 15) is 0 Å². The number of nitrogen functional groups attached to an aromatic ring is 1. The van der Waals surface area contributed by atoms with E-state index in [2.05, 4.69) is 35.9 Å². The molecule has 5 nitrogen and oxygen atoms in total. The second-order valence-corrected chi connectivity index (χ2v) is 4.76. The number of thiophene rings is 1. The molecule has 0 aliphatic rings. The van der Waals surface area contributed by atoms with Crippen molar-refractivity contribution in [1.29, 1.82) is 0 Å². The molecule has 16 heavy (non-hydrogen) atoms. The van der Waals surface area contributed by atoms with E-state index in [-0.39, 0.29) is 5.95 Å². The lowest BCUT2D eigenvalue weighted by atomic mass is 10.2. The lowest BCUT2D eigenvalue weighted by Gasteiger charge is -2.01. The van der Waals surface area contributed by atoms with Crippen LogP contribution in [0.25, 0.3) is 22.4 Å². The van der Waals surface area contributed by atoms with Crippen molar-refractivity contribution in [3.05, 3.63) is 21.6 Å². The number of imidazole rings is 1. The molecule has 0 saturated heterocycles. The first-order valence-electron chi connectivity index (χ1n) is 4.44. The van der Waals surface area contributed by atoms with Crippen molar-refractivity contribution >= 4 is 44.4 Å². The Balaban J connectivity index is 2.38. The molecule has 7 heteroatoms. The maximum Gasteiger partial charge on any atom is 0.222 e. The molecule has 80 valence electrons. The van der Waals surface area contributed by atoms with Crippen molar-refractivity contribution in [3.8, 4) is 11.3 Å². The molecule has 0 saturated carbocycles. The van der Waals surface area contributed by atoms with Crippen LogP contribution in [0.15, 0.2) is 21.6 Å². The van der Waals surface area contributed by atoms with Gasteiger partial charge in [0.05, 0.1) is 6.33 Å².